The van der Waals surface area contributed by atoms with Gasteiger partial charge in [0, 0.05) is 20.0 Å². The molecule has 1 aromatic carbocycles. The van der Waals surface area contributed by atoms with E-state index in [0.29, 0.717) is 6.04 Å². The minimum atomic E-state index is 0.393. The molecule has 0 spiro atoms. The summed E-state index contributed by atoms with van der Waals surface area (Å²) in [6.07, 6.45) is 0. The van der Waals surface area contributed by atoms with Gasteiger partial charge in [-0.15, -0.1) is 23.1 Å². The summed E-state index contributed by atoms with van der Waals surface area (Å²) in [4.78, 5) is 2.74. The minimum absolute atomic E-state index is 0.393. The highest BCUT2D eigenvalue weighted by Gasteiger charge is 2.14. The van der Waals surface area contributed by atoms with Gasteiger partial charge in [0.2, 0.25) is 0 Å². The molecule has 0 aliphatic carbocycles. The summed E-state index contributed by atoms with van der Waals surface area (Å²) in [6, 6.07) is 11.1. The molecule has 18 heavy (non-hydrogen) atoms. The molecule has 1 atom stereocenters. The number of nitrogens with one attached hydrogen (secondary N) is 1. The van der Waals surface area contributed by atoms with Crippen molar-refractivity contribution in [1.82, 2.24) is 5.32 Å². The zero-order valence-electron chi connectivity index (χ0n) is 10.4. The summed E-state index contributed by atoms with van der Waals surface area (Å²) in [5.41, 5.74) is 1.35. The van der Waals surface area contributed by atoms with Gasteiger partial charge in [-0.25, -0.2) is 0 Å². The molecular formula is C14H16BrNS2. The van der Waals surface area contributed by atoms with Crippen LogP contribution in [0.25, 0.3) is 0 Å². The second-order valence-electron chi connectivity index (χ2n) is 4.05. The molecule has 2 rings (SSSR count). The van der Waals surface area contributed by atoms with Crippen LogP contribution in [-0.2, 0) is 0 Å². The third-order valence-corrected chi connectivity index (χ3v) is 6.06. The van der Waals surface area contributed by atoms with E-state index in [1.165, 1.54) is 19.8 Å². The third-order valence-electron chi connectivity index (χ3n) is 2.81. The molecular weight excluding hydrogens is 326 g/mol. The number of halogens is 1. The van der Waals surface area contributed by atoms with Crippen LogP contribution in [0.3, 0.4) is 0 Å². The Kier molecular flexibility index (Phi) is 5.30. The third kappa shape index (κ3) is 3.38. The van der Waals surface area contributed by atoms with E-state index in [0.717, 1.165) is 5.75 Å². The number of thioether (sulfide) groups is 1. The van der Waals surface area contributed by atoms with E-state index in [2.05, 4.69) is 63.9 Å². The average Bonchev–Trinajstić information content (AvgIpc) is 2.79. The molecule has 0 bridgehead atoms. The van der Waals surface area contributed by atoms with Crippen LogP contribution in [0.5, 0.6) is 0 Å². The van der Waals surface area contributed by atoms with E-state index < -0.39 is 0 Å². The number of hydrogen-bond acceptors (Lipinski definition) is 3. The Balaban J connectivity index is 2.05. The van der Waals surface area contributed by atoms with Gasteiger partial charge in [0.15, 0.2) is 0 Å². The highest BCUT2D eigenvalue weighted by atomic mass is 79.9. The molecule has 1 N–H and O–H groups in total. The maximum atomic E-state index is 3.61. The summed E-state index contributed by atoms with van der Waals surface area (Å²) in [6.45, 7) is 2.16. The lowest BCUT2D eigenvalue weighted by atomic mass is 10.2. The van der Waals surface area contributed by atoms with E-state index in [4.69, 9.17) is 0 Å². The Morgan fingerprint density at radius 3 is 2.72 bits per heavy atom. The quantitative estimate of drug-likeness (QED) is 0.778. The number of hydrogen-bond donors (Lipinski definition) is 1. The molecule has 0 amide bonds. The molecule has 1 nitrogen and oxygen atoms in total. The van der Waals surface area contributed by atoms with E-state index in [1.807, 2.05) is 18.8 Å². The first-order chi connectivity index (χ1) is 8.72. The monoisotopic (exact) mass is 341 g/mol. The van der Waals surface area contributed by atoms with Gasteiger partial charge in [0.25, 0.3) is 0 Å². The molecule has 1 heterocycles. The van der Waals surface area contributed by atoms with Gasteiger partial charge < -0.3 is 5.32 Å². The molecule has 2 aromatic rings. The van der Waals surface area contributed by atoms with Crippen molar-refractivity contribution >= 4 is 39.0 Å². The Labute approximate surface area is 125 Å². The Bertz CT molecular complexity index is 510. The molecule has 96 valence electrons. The lowest BCUT2D eigenvalue weighted by Crippen LogP contribution is -2.17. The van der Waals surface area contributed by atoms with Crippen LogP contribution in [0.4, 0.5) is 0 Å². The molecule has 0 aliphatic rings. The smallest absolute Gasteiger partial charge is 0.0519 e. The van der Waals surface area contributed by atoms with Crippen molar-refractivity contribution < 1.29 is 0 Å². The predicted octanol–water partition coefficient (Wildman–Crippen LogP) is 4.87. The maximum absolute atomic E-state index is 3.61. The fourth-order valence-electron chi connectivity index (χ4n) is 1.74. The maximum Gasteiger partial charge on any atom is 0.0519 e. The van der Waals surface area contributed by atoms with Gasteiger partial charge in [0.05, 0.1) is 6.04 Å². The van der Waals surface area contributed by atoms with Gasteiger partial charge >= 0.3 is 0 Å². The summed E-state index contributed by atoms with van der Waals surface area (Å²) in [7, 11) is 2.02. The van der Waals surface area contributed by atoms with Crippen molar-refractivity contribution in [3.8, 4) is 0 Å². The standard InChI is InChI=1S/C14H16BrNS2/c1-10-5-3-4-6-13(10)18-9-12(16-2)14-11(15)7-8-17-14/h3-8,12,16H,9H2,1-2H3. The highest BCUT2D eigenvalue weighted by molar-refractivity contribution is 9.10. The van der Waals surface area contributed by atoms with E-state index in [-0.39, 0.29) is 0 Å². The van der Waals surface area contributed by atoms with Crippen LogP contribution in [0.1, 0.15) is 16.5 Å². The second-order valence-corrected chi connectivity index (χ2v) is 6.91. The highest BCUT2D eigenvalue weighted by Crippen LogP contribution is 2.33. The van der Waals surface area contributed by atoms with E-state index in [9.17, 15) is 0 Å². The van der Waals surface area contributed by atoms with Crippen LogP contribution >= 0.6 is 39.0 Å². The molecule has 1 aromatic heterocycles. The van der Waals surface area contributed by atoms with Gasteiger partial charge in [0.1, 0.15) is 0 Å². The zero-order chi connectivity index (χ0) is 13.0. The van der Waals surface area contributed by atoms with Crippen LogP contribution in [0.15, 0.2) is 45.1 Å². The second kappa shape index (κ2) is 6.75. The van der Waals surface area contributed by atoms with E-state index in [1.54, 1.807) is 11.3 Å². The van der Waals surface area contributed by atoms with Crippen LogP contribution in [0.2, 0.25) is 0 Å². The Morgan fingerprint density at radius 2 is 2.11 bits per heavy atom. The first-order valence-electron chi connectivity index (χ1n) is 5.81. The molecule has 1 unspecified atom stereocenters. The lowest BCUT2D eigenvalue weighted by Gasteiger charge is -2.15. The Hall–Kier alpha value is -0.290. The van der Waals surface area contributed by atoms with Crippen molar-refractivity contribution in [3.63, 3.8) is 0 Å². The largest absolute Gasteiger partial charge is 0.312 e. The zero-order valence-corrected chi connectivity index (χ0v) is 13.7. The molecule has 0 aliphatic heterocycles. The van der Waals surface area contributed by atoms with Crippen molar-refractivity contribution in [1.29, 1.82) is 0 Å². The van der Waals surface area contributed by atoms with Crippen molar-refractivity contribution in [3.05, 3.63) is 50.6 Å². The topological polar surface area (TPSA) is 12.0 Å². The summed E-state index contributed by atoms with van der Waals surface area (Å²) < 4.78 is 1.21. The average molecular weight is 342 g/mol. The number of thiophene rings is 1. The van der Waals surface area contributed by atoms with Crippen LogP contribution in [-0.4, -0.2) is 12.8 Å². The molecule has 0 saturated carbocycles. The molecule has 4 heteroatoms. The molecule has 0 radical (unpaired) electrons. The first-order valence-corrected chi connectivity index (χ1v) is 8.46. The summed E-state index contributed by atoms with van der Waals surface area (Å²) >= 11 is 7.32. The number of benzene rings is 1. The summed E-state index contributed by atoms with van der Waals surface area (Å²) in [5.74, 6) is 1.04. The van der Waals surface area contributed by atoms with Gasteiger partial charge in [-0.2, -0.15) is 0 Å². The minimum Gasteiger partial charge on any atom is -0.312 e. The van der Waals surface area contributed by atoms with E-state index >= 15 is 0 Å². The van der Waals surface area contributed by atoms with Crippen molar-refractivity contribution in [2.24, 2.45) is 0 Å². The molecule has 0 saturated heterocycles. The van der Waals surface area contributed by atoms with Gasteiger partial charge in [-0.3, -0.25) is 0 Å². The van der Waals surface area contributed by atoms with Crippen molar-refractivity contribution in [2.45, 2.75) is 17.9 Å². The van der Waals surface area contributed by atoms with Gasteiger partial charge in [-0.1, -0.05) is 18.2 Å². The normalized spacial score (nSPS) is 12.6. The Morgan fingerprint density at radius 1 is 1.33 bits per heavy atom. The fraction of sp³-hybridized carbons (Fsp3) is 0.286. The number of aryl methyl sites for hydroxylation is 1. The van der Waals surface area contributed by atoms with Crippen LogP contribution < -0.4 is 5.32 Å². The lowest BCUT2D eigenvalue weighted by molar-refractivity contribution is 0.671. The van der Waals surface area contributed by atoms with Crippen molar-refractivity contribution in [2.75, 3.05) is 12.8 Å². The predicted molar refractivity (Wildman–Crippen MR) is 85.7 cm³/mol. The first kappa shape index (κ1) is 14.1. The fourth-order valence-corrected chi connectivity index (χ4v) is 4.75. The summed E-state index contributed by atoms with van der Waals surface area (Å²) in [5, 5.41) is 5.52. The number of rotatable bonds is 5. The van der Waals surface area contributed by atoms with Crippen LogP contribution in [0, 0.1) is 6.92 Å². The molecule has 0 fully saturated rings. The van der Waals surface area contributed by atoms with Gasteiger partial charge in [-0.05, 0) is 53.0 Å². The SMILES string of the molecule is CNC(CSc1ccccc1C)c1sccc1Br.